The van der Waals surface area contributed by atoms with Gasteiger partial charge in [0, 0.05) is 48.6 Å². The molecule has 1 atom stereocenters. The molecule has 200 valence electrons. The minimum Gasteiger partial charge on any atom is -0.490 e. The second-order valence-electron chi connectivity index (χ2n) is 9.37. The summed E-state index contributed by atoms with van der Waals surface area (Å²) in [4.78, 5) is 22.9. The van der Waals surface area contributed by atoms with E-state index in [9.17, 15) is 9.18 Å². The molecule has 11 heteroatoms. The molecule has 1 unspecified atom stereocenters. The maximum absolute atomic E-state index is 14.6. The van der Waals surface area contributed by atoms with Gasteiger partial charge in [-0.15, -0.1) is 0 Å². The van der Waals surface area contributed by atoms with Crippen molar-refractivity contribution < 1.29 is 28.1 Å². The summed E-state index contributed by atoms with van der Waals surface area (Å²) >= 11 is 0. The third-order valence-electron chi connectivity index (χ3n) is 6.33. The minimum absolute atomic E-state index is 0.0464. The van der Waals surface area contributed by atoms with Crippen LogP contribution in [-0.2, 0) is 17.9 Å². The van der Waals surface area contributed by atoms with E-state index in [1.165, 1.54) is 18.3 Å². The molecule has 1 amide bonds. The van der Waals surface area contributed by atoms with Gasteiger partial charge in [0.2, 0.25) is 11.8 Å². The van der Waals surface area contributed by atoms with Crippen molar-refractivity contribution in [2.24, 2.45) is 5.92 Å². The van der Waals surface area contributed by atoms with E-state index in [1.54, 1.807) is 12.1 Å². The van der Waals surface area contributed by atoms with Gasteiger partial charge in [-0.05, 0) is 56.3 Å². The first-order valence-electron chi connectivity index (χ1n) is 12.5. The summed E-state index contributed by atoms with van der Waals surface area (Å²) in [6, 6.07) is 11.7. The number of ether oxygens (including phenoxy) is 4. The van der Waals surface area contributed by atoms with Crippen LogP contribution in [0.15, 0.2) is 48.7 Å². The number of piperidine rings is 1. The maximum Gasteiger partial charge on any atom is 0.414 e. The number of hydrogen-bond donors (Lipinski definition) is 2. The molecule has 0 aliphatic carbocycles. The Morgan fingerprint density at radius 1 is 1.24 bits per heavy atom. The lowest BCUT2D eigenvalue weighted by Crippen LogP contribution is -2.34. The van der Waals surface area contributed by atoms with Crippen molar-refractivity contribution >= 4 is 17.7 Å². The lowest BCUT2D eigenvalue weighted by Gasteiger charge is -2.29. The van der Waals surface area contributed by atoms with E-state index in [0.29, 0.717) is 24.8 Å². The van der Waals surface area contributed by atoms with E-state index in [1.807, 2.05) is 18.2 Å². The van der Waals surface area contributed by atoms with Crippen molar-refractivity contribution in [3.05, 3.63) is 65.6 Å². The number of carbonyl (C=O) groups is 1. The quantitative estimate of drug-likeness (QED) is 0.448. The van der Waals surface area contributed by atoms with Crippen LogP contribution in [0, 0.1) is 11.7 Å². The summed E-state index contributed by atoms with van der Waals surface area (Å²) in [5.74, 6) is 1.09. The van der Waals surface area contributed by atoms with Crippen LogP contribution in [0.3, 0.4) is 0 Å². The summed E-state index contributed by atoms with van der Waals surface area (Å²) in [5.41, 5.74) is 2.23. The van der Waals surface area contributed by atoms with E-state index in [2.05, 4.69) is 32.5 Å². The summed E-state index contributed by atoms with van der Waals surface area (Å²) < 4.78 is 36.3. The summed E-state index contributed by atoms with van der Waals surface area (Å²) in [5, 5.41) is 5.61. The normalized spacial score (nSPS) is 17.2. The zero-order valence-corrected chi connectivity index (χ0v) is 21.1. The Bertz CT molecular complexity index is 1280. The molecule has 2 aliphatic rings. The molecular formula is C27H30FN5O5. The number of rotatable bonds is 8. The van der Waals surface area contributed by atoms with Crippen LogP contribution in [0.4, 0.5) is 20.8 Å². The van der Waals surface area contributed by atoms with Gasteiger partial charge in [-0.1, -0.05) is 6.07 Å². The van der Waals surface area contributed by atoms with Crippen LogP contribution >= 0.6 is 0 Å². The number of aromatic nitrogens is 2. The zero-order chi connectivity index (χ0) is 26.3. The standard InChI is InChI=1S/C27H30FN5O5/c1-33-10-2-3-19(14-33)15-36-24-7-5-21(12-22(24)28)31-26-29-9-8-25(32-26)38-27(34)30-13-18-4-6-23-20(11-18)16-35-17-37-23/h4-9,11-12,19H,2-3,10,13-17H2,1H3,(H,30,34)(H,29,31,32). The van der Waals surface area contributed by atoms with Gasteiger partial charge in [0.15, 0.2) is 18.4 Å². The van der Waals surface area contributed by atoms with Crippen molar-refractivity contribution in [3.63, 3.8) is 0 Å². The molecule has 2 aromatic carbocycles. The Labute approximate surface area is 220 Å². The molecule has 0 spiro atoms. The van der Waals surface area contributed by atoms with E-state index in [0.717, 1.165) is 42.8 Å². The van der Waals surface area contributed by atoms with Crippen molar-refractivity contribution in [2.45, 2.75) is 26.0 Å². The molecule has 1 aromatic heterocycles. The molecule has 38 heavy (non-hydrogen) atoms. The number of anilines is 2. The predicted molar refractivity (Wildman–Crippen MR) is 137 cm³/mol. The molecule has 5 rings (SSSR count). The molecule has 2 aliphatic heterocycles. The van der Waals surface area contributed by atoms with Crippen molar-refractivity contribution in [1.29, 1.82) is 0 Å². The number of halogens is 1. The third-order valence-corrected chi connectivity index (χ3v) is 6.33. The summed E-state index contributed by atoms with van der Waals surface area (Å²) in [6.45, 7) is 3.48. The van der Waals surface area contributed by atoms with E-state index in [-0.39, 0.29) is 30.9 Å². The van der Waals surface area contributed by atoms with Crippen LogP contribution in [0.2, 0.25) is 0 Å². The number of benzene rings is 2. The van der Waals surface area contributed by atoms with Gasteiger partial charge >= 0.3 is 6.09 Å². The minimum atomic E-state index is -0.670. The van der Waals surface area contributed by atoms with Crippen molar-refractivity contribution in [2.75, 3.05) is 38.9 Å². The molecule has 3 aromatic rings. The highest BCUT2D eigenvalue weighted by molar-refractivity contribution is 5.70. The van der Waals surface area contributed by atoms with Crippen LogP contribution in [0.5, 0.6) is 17.4 Å². The van der Waals surface area contributed by atoms with Gasteiger partial charge in [0.05, 0.1) is 13.2 Å². The topological polar surface area (TPSA) is 107 Å². The average molecular weight is 524 g/mol. The van der Waals surface area contributed by atoms with Gasteiger partial charge in [0.25, 0.3) is 0 Å². The molecule has 0 radical (unpaired) electrons. The molecular weight excluding hydrogens is 493 g/mol. The predicted octanol–water partition coefficient (Wildman–Crippen LogP) is 4.24. The highest BCUT2D eigenvalue weighted by Gasteiger charge is 2.18. The first kappa shape index (κ1) is 25.7. The Kier molecular flexibility index (Phi) is 8.15. The lowest BCUT2D eigenvalue weighted by molar-refractivity contribution is -0.0164. The zero-order valence-electron chi connectivity index (χ0n) is 21.1. The number of nitrogens with one attached hydrogen (secondary N) is 2. The highest BCUT2D eigenvalue weighted by atomic mass is 19.1. The molecule has 0 saturated carbocycles. The smallest absolute Gasteiger partial charge is 0.414 e. The van der Waals surface area contributed by atoms with Gasteiger partial charge in [-0.3, -0.25) is 0 Å². The fourth-order valence-corrected chi connectivity index (χ4v) is 4.46. The maximum atomic E-state index is 14.6. The van der Waals surface area contributed by atoms with Gasteiger partial charge in [-0.25, -0.2) is 14.2 Å². The largest absolute Gasteiger partial charge is 0.490 e. The van der Waals surface area contributed by atoms with Crippen molar-refractivity contribution in [1.82, 2.24) is 20.2 Å². The van der Waals surface area contributed by atoms with Crippen LogP contribution < -0.4 is 24.8 Å². The lowest BCUT2D eigenvalue weighted by atomic mass is 10.00. The summed E-state index contributed by atoms with van der Waals surface area (Å²) in [6.07, 6.45) is 2.98. The van der Waals surface area contributed by atoms with Crippen LogP contribution in [0.25, 0.3) is 0 Å². The van der Waals surface area contributed by atoms with E-state index < -0.39 is 11.9 Å². The molecule has 1 fully saturated rings. The van der Waals surface area contributed by atoms with Crippen LogP contribution in [0.1, 0.15) is 24.0 Å². The second-order valence-corrected chi connectivity index (χ2v) is 9.37. The van der Waals surface area contributed by atoms with E-state index in [4.69, 9.17) is 18.9 Å². The average Bonchev–Trinajstić information content (AvgIpc) is 2.92. The first-order chi connectivity index (χ1) is 18.5. The van der Waals surface area contributed by atoms with Crippen LogP contribution in [-0.4, -0.2) is 54.5 Å². The second kappa shape index (κ2) is 12.1. The monoisotopic (exact) mass is 523 g/mol. The first-order valence-corrected chi connectivity index (χ1v) is 12.5. The Morgan fingerprint density at radius 2 is 2.16 bits per heavy atom. The Balaban J connectivity index is 1.12. The number of fused-ring (bicyclic) bond motifs is 1. The third kappa shape index (κ3) is 6.87. The SMILES string of the molecule is CN1CCCC(COc2ccc(Nc3nccc(OC(=O)NCc4ccc5c(c4)COCO5)n3)cc2F)C1. The molecule has 0 bridgehead atoms. The highest BCUT2D eigenvalue weighted by Crippen LogP contribution is 2.26. The fraction of sp³-hybridized carbons (Fsp3) is 0.370. The van der Waals surface area contributed by atoms with E-state index >= 15 is 0 Å². The summed E-state index contributed by atoms with van der Waals surface area (Å²) in [7, 11) is 2.09. The molecule has 2 N–H and O–H groups in total. The Morgan fingerprint density at radius 3 is 3.03 bits per heavy atom. The fourth-order valence-electron chi connectivity index (χ4n) is 4.46. The number of amides is 1. The van der Waals surface area contributed by atoms with Gasteiger partial charge in [-0.2, -0.15) is 4.98 Å². The number of hydrogen-bond acceptors (Lipinski definition) is 9. The number of nitrogens with zero attached hydrogens (tertiary/aromatic N) is 3. The number of likely N-dealkylation sites (tertiary alicyclic amines) is 1. The number of carbonyl (C=O) groups excluding carboxylic acids is 1. The van der Waals surface area contributed by atoms with Crippen molar-refractivity contribution in [3.8, 4) is 17.4 Å². The molecule has 1 saturated heterocycles. The molecule has 10 nitrogen and oxygen atoms in total. The molecule has 3 heterocycles. The van der Waals surface area contributed by atoms with Gasteiger partial charge < -0.3 is 34.5 Å². The Hall–Kier alpha value is -3.96. The van der Waals surface area contributed by atoms with Gasteiger partial charge in [0.1, 0.15) is 5.75 Å².